The summed E-state index contributed by atoms with van der Waals surface area (Å²) < 4.78 is 0. The van der Waals surface area contributed by atoms with Crippen molar-refractivity contribution in [1.82, 2.24) is 15.4 Å². The van der Waals surface area contributed by atoms with Crippen LogP contribution in [0.15, 0.2) is 24.3 Å². The van der Waals surface area contributed by atoms with Gasteiger partial charge in [0.25, 0.3) is 0 Å². The number of hydrogen-bond acceptors (Lipinski definition) is 4. The molecule has 0 saturated heterocycles. The Balaban J connectivity index is 1.69. The molecule has 1 aromatic heterocycles. The molecule has 0 atom stereocenters. The number of anilines is 1. The fourth-order valence-electron chi connectivity index (χ4n) is 2.79. The largest absolute Gasteiger partial charge is 0.280 e. The summed E-state index contributed by atoms with van der Waals surface area (Å²) in [5.41, 5.74) is 8.16. The van der Waals surface area contributed by atoms with E-state index in [0.717, 1.165) is 42.4 Å². The lowest BCUT2D eigenvalue weighted by Gasteiger charge is -2.21. The Labute approximate surface area is 124 Å². The molecule has 0 radical (unpaired) electrons. The SMILES string of the molecule is Cc1nc2ccccc2nc1NNC(=O)C1CCCCC1. The highest BCUT2D eigenvalue weighted by Crippen LogP contribution is 2.23. The molecule has 21 heavy (non-hydrogen) atoms. The fraction of sp³-hybridized carbons (Fsp3) is 0.438. The van der Waals surface area contributed by atoms with E-state index < -0.39 is 0 Å². The third-order valence-electron chi connectivity index (χ3n) is 4.02. The Hall–Kier alpha value is -2.17. The number of hydrazine groups is 1. The number of fused-ring (bicyclic) bond motifs is 1. The fourth-order valence-corrected chi connectivity index (χ4v) is 2.79. The number of benzene rings is 1. The molecule has 1 heterocycles. The lowest BCUT2D eigenvalue weighted by atomic mass is 9.89. The Morgan fingerprint density at radius 2 is 1.76 bits per heavy atom. The van der Waals surface area contributed by atoms with Crippen LogP contribution in [-0.2, 0) is 4.79 Å². The van der Waals surface area contributed by atoms with E-state index in [1.165, 1.54) is 6.42 Å². The van der Waals surface area contributed by atoms with Gasteiger partial charge in [0.15, 0.2) is 5.82 Å². The number of carbonyl (C=O) groups excluding carboxylic acids is 1. The molecule has 1 fully saturated rings. The van der Waals surface area contributed by atoms with E-state index in [1.54, 1.807) is 0 Å². The summed E-state index contributed by atoms with van der Waals surface area (Å²) in [6.45, 7) is 1.88. The van der Waals surface area contributed by atoms with Crippen molar-refractivity contribution in [2.24, 2.45) is 5.92 Å². The second-order valence-electron chi connectivity index (χ2n) is 5.60. The number of rotatable bonds is 3. The van der Waals surface area contributed by atoms with E-state index in [0.29, 0.717) is 5.82 Å². The van der Waals surface area contributed by atoms with Crippen LogP contribution in [0, 0.1) is 12.8 Å². The number of aryl methyl sites for hydroxylation is 1. The minimum atomic E-state index is 0.0593. The Kier molecular flexibility index (Phi) is 3.99. The van der Waals surface area contributed by atoms with Crippen molar-refractivity contribution in [2.75, 3.05) is 5.43 Å². The van der Waals surface area contributed by atoms with E-state index in [-0.39, 0.29) is 11.8 Å². The minimum absolute atomic E-state index is 0.0593. The number of nitrogens with one attached hydrogen (secondary N) is 2. The van der Waals surface area contributed by atoms with E-state index >= 15 is 0 Å². The minimum Gasteiger partial charge on any atom is -0.280 e. The van der Waals surface area contributed by atoms with E-state index in [9.17, 15) is 4.79 Å². The van der Waals surface area contributed by atoms with Crippen LogP contribution in [0.25, 0.3) is 11.0 Å². The second-order valence-corrected chi connectivity index (χ2v) is 5.60. The Morgan fingerprint density at radius 1 is 1.10 bits per heavy atom. The standard InChI is InChI=1S/C16H20N4O/c1-11-15(18-14-10-6-5-9-13(14)17-11)19-20-16(21)12-7-3-2-4-8-12/h5-6,9-10,12H,2-4,7-8H2,1H3,(H,18,19)(H,20,21). The topological polar surface area (TPSA) is 66.9 Å². The first-order chi connectivity index (χ1) is 10.2. The first-order valence-corrected chi connectivity index (χ1v) is 7.53. The van der Waals surface area contributed by atoms with Crippen molar-refractivity contribution >= 4 is 22.8 Å². The monoisotopic (exact) mass is 284 g/mol. The number of amides is 1. The zero-order valence-corrected chi connectivity index (χ0v) is 12.2. The van der Waals surface area contributed by atoms with E-state index in [2.05, 4.69) is 20.8 Å². The van der Waals surface area contributed by atoms with Gasteiger partial charge in [0.05, 0.1) is 16.7 Å². The molecule has 0 unspecified atom stereocenters. The number of nitrogens with zero attached hydrogens (tertiary/aromatic N) is 2. The van der Waals surface area contributed by atoms with Gasteiger partial charge < -0.3 is 0 Å². The van der Waals surface area contributed by atoms with Crippen molar-refractivity contribution in [3.05, 3.63) is 30.0 Å². The smallest absolute Gasteiger partial charge is 0.241 e. The van der Waals surface area contributed by atoms with Gasteiger partial charge in [0, 0.05) is 5.92 Å². The zero-order valence-electron chi connectivity index (χ0n) is 12.2. The summed E-state index contributed by atoms with van der Waals surface area (Å²) in [5.74, 6) is 0.793. The first kappa shape index (κ1) is 13.8. The summed E-state index contributed by atoms with van der Waals surface area (Å²) >= 11 is 0. The molecule has 5 heteroatoms. The summed E-state index contributed by atoms with van der Waals surface area (Å²) in [5, 5.41) is 0. The van der Waals surface area contributed by atoms with Gasteiger partial charge >= 0.3 is 0 Å². The normalized spacial score (nSPS) is 15.9. The zero-order chi connectivity index (χ0) is 14.7. The molecule has 0 spiro atoms. The molecule has 1 aromatic carbocycles. The maximum Gasteiger partial charge on any atom is 0.241 e. The van der Waals surface area contributed by atoms with Crippen LogP contribution in [0.5, 0.6) is 0 Å². The molecule has 0 bridgehead atoms. The predicted octanol–water partition coefficient (Wildman–Crippen LogP) is 2.96. The molecule has 2 aromatic rings. The summed E-state index contributed by atoms with van der Waals surface area (Å²) in [6.07, 6.45) is 5.50. The van der Waals surface area contributed by atoms with Crippen molar-refractivity contribution in [3.8, 4) is 0 Å². The van der Waals surface area contributed by atoms with Gasteiger partial charge in [0.1, 0.15) is 0 Å². The Bertz CT molecular complexity index is 650. The molecule has 1 amide bonds. The van der Waals surface area contributed by atoms with Gasteiger partial charge in [-0.1, -0.05) is 31.4 Å². The molecular formula is C16H20N4O. The summed E-state index contributed by atoms with van der Waals surface area (Å²) in [6, 6.07) is 7.71. The molecule has 1 saturated carbocycles. The molecular weight excluding hydrogens is 264 g/mol. The predicted molar refractivity (Wildman–Crippen MR) is 82.6 cm³/mol. The second kappa shape index (κ2) is 6.08. The lowest BCUT2D eigenvalue weighted by Crippen LogP contribution is -2.36. The molecule has 3 rings (SSSR count). The molecule has 1 aliphatic carbocycles. The van der Waals surface area contributed by atoms with Gasteiger partial charge in [-0.05, 0) is 31.9 Å². The summed E-state index contributed by atoms with van der Waals surface area (Å²) in [7, 11) is 0. The van der Waals surface area contributed by atoms with Crippen LogP contribution < -0.4 is 10.9 Å². The molecule has 5 nitrogen and oxygen atoms in total. The highest BCUT2D eigenvalue weighted by atomic mass is 16.2. The van der Waals surface area contributed by atoms with Gasteiger partial charge in [0.2, 0.25) is 5.91 Å². The number of carbonyl (C=O) groups is 1. The third-order valence-corrected chi connectivity index (χ3v) is 4.02. The number of hydrogen-bond donors (Lipinski definition) is 2. The van der Waals surface area contributed by atoms with E-state index in [4.69, 9.17) is 0 Å². The Morgan fingerprint density at radius 3 is 2.48 bits per heavy atom. The van der Waals surface area contributed by atoms with Crippen molar-refractivity contribution in [1.29, 1.82) is 0 Å². The van der Waals surface area contributed by atoms with Crippen LogP contribution in [0.2, 0.25) is 0 Å². The van der Waals surface area contributed by atoms with Crippen molar-refractivity contribution < 1.29 is 4.79 Å². The molecule has 0 aliphatic heterocycles. The first-order valence-electron chi connectivity index (χ1n) is 7.53. The average molecular weight is 284 g/mol. The van der Waals surface area contributed by atoms with Crippen molar-refractivity contribution in [3.63, 3.8) is 0 Å². The van der Waals surface area contributed by atoms with Crippen LogP contribution >= 0.6 is 0 Å². The average Bonchev–Trinajstić information content (AvgIpc) is 2.53. The lowest BCUT2D eigenvalue weighted by molar-refractivity contribution is -0.125. The van der Waals surface area contributed by atoms with Crippen LogP contribution in [0.4, 0.5) is 5.82 Å². The summed E-state index contributed by atoms with van der Waals surface area (Å²) in [4.78, 5) is 21.1. The highest BCUT2D eigenvalue weighted by molar-refractivity contribution is 5.81. The van der Waals surface area contributed by atoms with Gasteiger partial charge in [-0.25, -0.2) is 9.97 Å². The van der Waals surface area contributed by atoms with Crippen LogP contribution in [0.3, 0.4) is 0 Å². The maximum atomic E-state index is 12.1. The van der Waals surface area contributed by atoms with Gasteiger partial charge in [-0.3, -0.25) is 15.6 Å². The van der Waals surface area contributed by atoms with Crippen LogP contribution in [-0.4, -0.2) is 15.9 Å². The van der Waals surface area contributed by atoms with E-state index in [1.807, 2.05) is 31.2 Å². The quantitative estimate of drug-likeness (QED) is 0.850. The third kappa shape index (κ3) is 3.12. The molecule has 2 N–H and O–H groups in total. The van der Waals surface area contributed by atoms with Crippen molar-refractivity contribution in [2.45, 2.75) is 39.0 Å². The maximum absolute atomic E-state index is 12.1. The number of aromatic nitrogens is 2. The van der Waals surface area contributed by atoms with Gasteiger partial charge in [-0.2, -0.15) is 0 Å². The van der Waals surface area contributed by atoms with Crippen LogP contribution in [0.1, 0.15) is 37.8 Å². The molecule has 110 valence electrons. The molecule has 1 aliphatic rings. The highest BCUT2D eigenvalue weighted by Gasteiger charge is 2.21. The van der Waals surface area contributed by atoms with Gasteiger partial charge in [-0.15, -0.1) is 0 Å². The number of para-hydroxylation sites is 2.